The van der Waals surface area contributed by atoms with Gasteiger partial charge in [-0.3, -0.25) is 4.79 Å². The van der Waals surface area contributed by atoms with Crippen LogP contribution in [-0.2, 0) is 14.9 Å². The zero-order valence-corrected chi connectivity index (χ0v) is 14.8. The molecule has 0 unspecified atom stereocenters. The minimum absolute atomic E-state index is 0.0116. The lowest BCUT2D eigenvalue weighted by atomic mass is 9.71. The van der Waals surface area contributed by atoms with Gasteiger partial charge in [-0.1, -0.05) is 43.2 Å². The zero-order chi connectivity index (χ0) is 16.5. The van der Waals surface area contributed by atoms with Gasteiger partial charge in [-0.2, -0.15) is 0 Å². The molecule has 3 nitrogen and oxygen atoms in total. The van der Waals surface area contributed by atoms with Gasteiger partial charge < -0.3 is 9.22 Å². The molecule has 1 saturated carbocycles. The van der Waals surface area contributed by atoms with Crippen LogP contribution < -0.4 is 0 Å². The van der Waals surface area contributed by atoms with Crippen LogP contribution in [0.25, 0.3) is 0 Å². The summed E-state index contributed by atoms with van der Waals surface area (Å²) in [7, 11) is 4.42. The third kappa shape index (κ3) is 3.30. The smallest absolute Gasteiger partial charge is 0.317 e. The largest absolute Gasteiger partial charge is 0.455 e. The molecule has 126 valence electrons. The molecule has 1 saturated heterocycles. The van der Waals surface area contributed by atoms with Crippen molar-refractivity contribution < 1.29 is 14.0 Å². The van der Waals surface area contributed by atoms with E-state index in [0.717, 1.165) is 42.4 Å². The number of quaternary nitrogens is 1. The molecule has 0 radical (unpaired) electrons. The molecule has 2 fully saturated rings. The van der Waals surface area contributed by atoms with Crippen molar-refractivity contribution >= 4 is 5.97 Å². The Bertz CT molecular complexity index is 548. The van der Waals surface area contributed by atoms with Crippen LogP contribution in [-0.4, -0.2) is 43.7 Å². The van der Waals surface area contributed by atoms with Gasteiger partial charge in [0.1, 0.15) is 6.54 Å². The van der Waals surface area contributed by atoms with Crippen molar-refractivity contribution in [2.75, 3.05) is 27.2 Å². The molecule has 2 atom stereocenters. The highest BCUT2D eigenvalue weighted by atomic mass is 16.5. The van der Waals surface area contributed by atoms with E-state index >= 15 is 0 Å². The first-order valence-corrected chi connectivity index (χ1v) is 9.00. The van der Waals surface area contributed by atoms with E-state index in [1.54, 1.807) is 0 Å². The molecule has 1 aliphatic carbocycles. The molecule has 1 aromatic carbocycles. The third-order valence-electron chi connectivity index (χ3n) is 6.00. The van der Waals surface area contributed by atoms with Gasteiger partial charge in [0.05, 0.1) is 26.1 Å². The average Bonchev–Trinajstić information content (AvgIpc) is 3.17. The number of rotatable bonds is 4. The summed E-state index contributed by atoms with van der Waals surface area (Å²) >= 11 is 0. The van der Waals surface area contributed by atoms with Gasteiger partial charge in [-0.05, 0) is 31.2 Å². The Morgan fingerprint density at radius 1 is 1.13 bits per heavy atom. The van der Waals surface area contributed by atoms with E-state index in [-0.39, 0.29) is 12.1 Å². The van der Waals surface area contributed by atoms with Gasteiger partial charge in [0, 0.05) is 6.42 Å². The van der Waals surface area contributed by atoms with Crippen molar-refractivity contribution in [2.24, 2.45) is 5.92 Å². The normalized spacial score (nSPS) is 26.8. The number of likely N-dealkylation sites (N-methyl/N-ethyl adjacent to an activating group) is 1. The Labute approximate surface area is 140 Å². The Hall–Kier alpha value is -1.35. The number of hydrogen-bond donors (Lipinski definition) is 0. The molecular formula is C20H30NO2+. The Balaban J connectivity index is 1.82. The molecule has 0 spiro atoms. The Morgan fingerprint density at radius 2 is 1.78 bits per heavy atom. The topological polar surface area (TPSA) is 26.3 Å². The van der Waals surface area contributed by atoms with Crippen LogP contribution in [0.2, 0.25) is 0 Å². The first-order valence-electron chi connectivity index (χ1n) is 9.00. The number of ether oxygens (including phenoxy) is 1. The molecule has 0 aromatic heterocycles. The van der Waals surface area contributed by atoms with Crippen LogP contribution >= 0.6 is 0 Å². The second-order valence-corrected chi connectivity index (χ2v) is 8.21. The van der Waals surface area contributed by atoms with Crippen LogP contribution in [0.1, 0.15) is 44.6 Å². The first-order chi connectivity index (χ1) is 10.9. The number of carbonyl (C=O) groups is 1. The summed E-state index contributed by atoms with van der Waals surface area (Å²) in [6, 6.07) is 10.3. The Kier molecular flexibility index (Phi) is 4.50. The number of nitrogens with zero attached hydrogens (tertiary/aromatic N) is 1. The number of carbonyl (C=O) groups excluding carboxylic acids is 1. The minimum atomic E-state index is -0.502. The SMILES string of the molecule is C[C@@](C(=O)O[C@@H]1CC[N+](C)(C)C1)(c1ccccc1)C1CCCC1. The first kappa shape index (κ1) is 16.5. The molecule has 23 heavy (non-hydrogen) atoms. The van der Waals surface area contributed by atoms with Crippen molar-refractivity contribution in [3.8, 4) is 0 Å². The van der Waals surface area contributed by atoms with Gasteiger partial charge in [-0.15, -0.1) is 0 Å². The summed E-state index contributed by atoms with van der Waals surface area (Å²) in [6.45, 7) is 4.13. The van der Waals surface area contributed by atoms with Crippen molar-refractivity contribution in [3.05, 3.63) is 35.9 Å². The monoisotopic (exact) mass is 316 g/mol. The zero-order valence-electron chi connectivity index (χ0n) is 14.8. The minimum Gasteiger partial charge on any atom is -0.455 e. The fourth-order valence-corrected chi connectivity index (χ4v) is 4.41. The van der Waals surface area contributed by atoms with Crippen LogP contribution in [0.5, 0.6) is 0 Å². The number of hydrogen-bond acceptors (Lipinski definition) is 2. The quantitative estimate of drug-likeness (QED) is 0.627. The molecule has 0 N–H and O–H groups in total. The summed E-state index contributed by atoms with van der Waals surface area (Å²) in [5, 5.41) is 0. The predicted molar refractivity (Wildman–Crippen MR) is 92.1 cm³/mol. The van der Waals surface area contributed by atoms with Gasteiger partial charge in [0.15, 0.2) is 6.10 Å². The van der Waals surface area contributed by atoms with Crippen molar-refractivity contribution in [2.45, 2.75) is 50.5 Å². The van der Waals surface area contributed by atoms with Gasteiger partial charge >= 0.3 is 5.97 Å². The predicted octanol–water partition coefficient (Wildman–Crippen LogP) is 3.53. The molecule has 2 aliphatic rings. The highest BCUT2D eigenvalue weighted by Crippen LogP contribution is 2.43. The van der Waals surface area contributed by atoms with E-state index in [1.165, 1.54) is 12.8 Å². The summed E-state index contributed by atoms with van der Waals surface area (Å²) in [5.74, 6) is 0.392. The second kappa shape index (κ2) is 6.27. The lowest BCUT2D eigenvalue weighted by Crippen LogP contribution is -2.44. The maximum Gasteiger partial charge on any atom is 0.317 e. The lowest BCUT2D eigenvalue weighted by Gasteiger charge is -2.34. The van der Waals surface area contributed by atoms with Crippen molar-refractivity contribution in [3.63, 3.8) is 0 Å². The molecule has 3 rings (SSSR count). The molecule has 3 heteroatoms. The summed E-state index contributed by atoms with van der Waals surface area (Å²) in [4.78, 5) is 13.2. The molecular weight excluding hydrogens is 286 g/mol. The standard InChI is InChI=1S/C20H30NO2/c1-20(17-11-7-8-12-17,16-9-5-4-6-10-16)19(22)23-18-13-14-21(2,3)15-18/h4-6,9-10,17-18H,7-8,11-15H2,1-3H3/q+1/t18-,20-/m1/s1. The summed E-state index contributed by atoms with van der Waals surface area (Å²) in [5.41, 5.74) is 0.612. The maximum absolute atomic E-state index is 13.2. The maximum atomic E-state index is 13.2. The average molecular weight is 316 g/mol. The fourth-order valence-electron chi connectivity index (χ4n) is 4.41. The van der Waals surface area contributed by atoms with Crippen LogP contribution in [0.3, 0.4) is 0 Å². The fraction of sp³-hybridized carbons (Fsp3) is 0.650. The Morgan fingerprint density at radius 3 is 2.35 bits per heavy atom. The van der Waals surface area contributed by atoms with Gasteiger partial charge in [0.2, 0.25) is 0 Å². The van der Waals surface area contributed by atoms with Gasteiger partial charge in [0.25, 0.3) is 0 Å². The lowest BCUT2D eigenvalue weighted by molar-refractivity contribution is -0.879. The summed E-state index contributed by atoms with van der Waals surface area (Å²) < 4.78 is 6.97. The van der Waals surface area contributed by atoms with Crippen LogP contribution in [0.15, 0.2) is 30.3 Å². The van der Waals surface area contributed by atoms with E-state index in [9.17, 15) is 4.79 Å². The van der Waals surface area contributed by atoms with Crippen LogP contribution in [0, 0.1) is 5.92 Å². The van der Waals surface area contributed by atoms with E-state index in [0.29, 0.717) is 5.92 Å². The van der Waals surface area contributed by atoms with Crippen molar-refractivity contribution in [1.29, 1.82) is 0 Å². The number of likely N-dealkylation sites (tertiary alicyclic amines) is 1. The molecule has 1 aliphatic heterocycles. The summed E-state index contributed by atoms with van der Waals surface area (Å²) in [6.07, 6.45) is 5.77. The van der Waals surface area contributed by atoms with E-state index in [2.05, 4.69) is 33.2 Å². The molecule has 1 aromatic rings. The van der Waals surface area contributed by atoms with E-state index < -0.39 is 5.41 Å². The van der Waals surface area contributed by atoms with Crippen molar-refractivity contribution in [1.82, 2.24) is 0 Å². The highest BCUT2D eigenvalue weighted by Gasteiger charge is 2.47. The van der Waals surface area contributed by atoms with Gasteiger partial charge in [-0.25, -0.2) is 0 Å². The highest BCUT2D eigenvalue weighted by molar-refractivity contribution is 5.83. The number of esters is 1. The molecule has 0 bridgehead atoms. The van der Waals surface area contributed by atoms with E-state index in [4.69, 9.17) is 4.74 Å². The molecule has 1 heterocycles. The third-order valence-corrected chi connectivity index (χ3v) is 6.00. The number of benzene rings is 1. The van der Waals surface area contributed by atoms with Crippen LogP contribution in [0.4, 0.5) is 0 Å². The molecule has 0 amide bonds. The second-order valence-electron chi connectivity index (χ2n) is 8.21. The van der Waals surface area contributed by atoms with E-state index in [1.807, 2.05) is 18.2 Å².